The summed E-state index contributed by atoms with van der Waals surface area (Å²) in [6.45, 7) is 5.92. The molecular formula is C19H22N4O3Se. The molecule has 0 bridgehead atoms. The van der Waals surface area contributed by atoms with Crippen LogP contribution in [0.15, 0.2) is 24.5 Å². The van der Waals surface area contributed by atoms with Crippen LogP contribution in [0.3, 0.4) is 0 Å². The Bertz CT molecular complexity index is 1010. The van der Waals surface area contributed by atoms with Crippen molar-refractivity contribution in [2.75, 3.05) is 5.32 Å². The van der Waals surface area contributed by atoms with Crippen molar-refractivity contribution in [1.82, 2.24) is 9.97 Å². The maximum atomic E-state index is 11.9. The third-order valence-corrected chi connectivity index (χ3v) is 7.55. The first-order valence-electron chi connectivity index (χ1n) is 8.44. The summed E-state index contributed by atoms with van der Waals surface area (Å²) in [6, 6.07) is 5.46. The number of aromatic nitrogens is 2. The second kappa shape index (κ2) is 7.40. The van der Waals surface area contributed by atoms with Crippen LogP contribution >= 0.6 is 0 Å². The summed E-state index contributed by atoms with van der Waals surface area (Å²) in [4.78, 5) is 20.5. The van der Waals surface area contributed by atoms with Gasteiger partial charge in [-0.05, 0) is 0 Å². The van der Waals surface area contributed by atoms with Crippen molar-refractivity contribution >= 4 is 42.8 Å². The summed E-state index contributed by atoms with van der Waals surface area (Å²) in [6.07, 6.45) is 1.42. The number of nitrogens with zero attached hydrogens (tertiary/aromatic N) is 2. The third-order valence-electron chi connectivity index (χ3n) is 4.25. The molecule has 8 heteroatoms. The average molecular weight is 433 g/mol. The van der Waals surface area contributed by atoms with E-state index in [9.17, 15) is 15.0 Å². The van der Waals surface area contributed by atoms with Crippen LogP contribution in [-0.2, 0) is 18.6 Å². The van der Waals surface area contributed by atoms with Crippen LogP contribution in [0.25, 0.3) is 10.9 Å². The molecule has 1 aromatic carbocycles. The summed E-state index contributed by atoms with van der Waals surface area (Å²) in [5.41, 5.74) is 8.05. The number of carbonyl (C=O) groups is 1. The predicted molar refractivity (Wildman–Crippen MR) is 105 cm³/mol. The fourth-order valence-electron chi connectivity index (χ4n) is 2.75. The molecule has 5 N–H and O–H groups in total. The van der Waals surface area contributed by atoms with Gasteiger partial charge in [-0.2, -0.15) is 0 Å². The van der Waals surface area contributed by atoms with Crippen LogP contribution < -0.4 is 11.1 Å². The van der Waals surface area contributed by atoms with Crippen molar-refractivity contribution in [3.05, 3.63) is 44.5 Å². The molecule has 0 aliphatic carbocycles. The van der Waals surface area contributed by atoms with Crippen molar-refractivity contribution in [2.24, 2.45) is 5.73 Å². The van der Waals surface area contributed by atoms with Gasteiger partial charge in [-0.15, -0.1) is 0 Å². The van der Waals surface area contributed by atoms with Crippen LogP contribution in [0.1, 0.15) is 45.6 Å². The molecule has 27 heavy (non-hydrogen) atoms. The molecule has 1 amide bonds. The number of aliphatic hydroxyl groups is 2. The molecule has 0 aliphatic heterocycles. The van der Waals surface area contributed by atoms with Gasteiger partial charge in [0.05, 0.1) is 0 Å². The van der Waals surface area contributed by atoms with Gasteiger partial charge >= 0.3 is 163 Å². The monoisotopic (exact) mass is 434 g/mol. The molecule has 2 heterocycles. The van der Waals surface area contributed by atoms with E-state index in [4.69, 9.17) is 5.73 Å². The molecule has 2 aromatic heterocycles. The van der Waals surface area contributed by atoms with Gasteiger partial charge in [-0.1, -0.05) is 0 Å². The van der Waals surface area contributed by atoms with E-state index in [0.717, 1.165) is 0 Å². The normalized spacial score (nSPS) is 11.7. The number of hydrogen-bond donors (Lipinski definition) is 4. The van der Waals surface area contributed by atoms with E-state index >= 15 is 0 Å². The van der Waals surface area contributed by atoms with E-state index < -0.39 is 5.91 Å². The quantitative estimate of drug-likeness (QED) is 0.456. The third kappa shape index (κ3) is 3.89. The molecule has 0 saturated heterocycles. The molecule has 0 aliphatic rings. The summed E-state index contributed by atoms with van der Waals surface area (Å²) < 4.78 is 1.75. The zero-order valence-corrected chi connectivity index (χ0v) is 17.1. The first-order valence-corrected chi connectivity index (χ1v) is 10.1. The van der Waals surface area contributed by atoms with Crippen molar-refractivity contribution in [3.63, 3.8) is 0 Å². The second-order valence-corrected chi connectivity index (χ2v) is 9.48. The summed E-state index contributed by atoms with van der Waals surface area (Å²) in [5.74, 6) is 0.0834. The fourth-order valence-corrected chi connectivity index (χ4v) is 4.90. The molecule has 0 radical (unpaired) electrons. The number of rotatable bonds is 5. The van der Waals surface area contributed by atoms with Gasteiger partial charge < -0.3 is 0 Å². The topological polar surface area (TPSA) is 121 Å². The first-order chi connectivity index (χ1) is 12.7. The van der Waals surface area contributed by atoms with Crippen molar-refractivity contribution in [1.29, 1.82) is 0 Å². The molecule has 0 spiro atoms. The summed E-state index contributed by atoms with van der Waals surface area (Å²) in [7, 11) is 0. The molecule has 3 rings (SSSR count). The predicted octanol–water partition coefficient (Wildman–Crippen LogP) is 1.81. The van der Waals surface area contributed by atoms with Gasteiger partial charge in [0, 0.05) is 0 Å². The van der Waals surface area contributed by atoms with Crippen LogP contribution in [0.2, 0.25) is 0 Å². The van der Waals surface area contributed by atoms with E-state index in [0.29, 0.717) is 38.0 Å². The van der Waals surface area contributed by atoms with E-state index in [1.165, 1.54) is 10.8 Å². The molecule has 3 aromatic rings. The number of aliphatic hydroxyl groups excluding tert-OH is 2. The number of benzene rings is 1. The standard InChI is InChI=1S/C19H22N4O3Se/c1-19(2,3)15-6-14(16(27-15)17(20)26)23-18-12-4-10(7-24)11(8-25)5-13(12)21-9-22-18/h4-6,9,24-25H,7-8H2,1-3H3,(H2,20,26)(H,21,22,23). The number of nitrogens with two attached hydrogens (primary N) is 1. The number of anilines is 2. The molecular weight excluding hydrogens is 411 g/mol. The number of hydrogen-bond acceptors (Lipinski definition) is 6. The summed E-state index contributed by atoms with van der Waals surface area (Å²) in [5, 5.41) is 23.0. The van der Waals surface area contributed by atoms with E-state index in [1.54, 1.807) is 12.1 Å². The Balaban J connectivity index is 2.12. The molecule has 7 nitrogen and oxygen atoms in total. The van der Waals surface area contributed by atoms with Gasteiger partial charge in [0.1, 0.15) is 0 Å². The Morgan fingerprint density at radius 2 is 1.81 bits per heavy atom. The van der Waals surface area contributed by atoms with Crippen LogP contribution in [0.5, 0.6) is 0 Å². The number of carbonyl (C=O) groups excluding carboxylic acids is 1. The Morgan fingerprint density at radius 3 is 2.41 bits per heavy atom. The SMILES string of the molecule is CC(C)(C)c1cc(Nc2ncnc3cc(CO)c(CO)cc23)c(C(N)=O)[se]1. The maximum absolute atomic E-state index is 11.9. The van der Waals surface area contributed by atoms with Crippen molar-refractivity contribution in [3.8, 4) is 0 Å². The minimum absolute atomic E-state index is 0.0576. The Hall–Kier alpha value is -2.25. The van der Waals surface area contributed by atoms with Gasteiger partial charge in [-0.25, -0.2) is 0 Å². The van der Waals surface area contributed by atoms with Crippen molar-refractivity contribution in [2.45, 2.75) is 39.4 Å². The van der Waals surface area contributed by atoms with E-state index in [1.807, 2.05) is 6.07 Å². The van der Waals surface area contributed by atoms with Gasteiger partial charge in [-0.3, -0.25) is 0 Å². The summed E-state index contributed by atoms with van der Waals surface area (Å²) >= 11 is -0.143. The van der Waals surface area contributed by atoms with Crippen molar-refractivity contribution < 1.29 is 15.0 Å². The zero-order valence-electron chi connectivity index (χ0n) is 15.4. The van der Waals surface area contributed by atoms with Gasteiger partial charge in [0.15, 0.2) is 0 Å². The van der Waals surface area contributed by atoms with E-state index in [2.05, 4.69) is 36.1 Å². The number of fused-ring (bicyclic) bond motifs is 1. The molecule has 0 atom stereocenters. The van der Waals surface area contributed by atoms with Crippen LogP contribution in [0, 0.1) is 0 Å². The molecule has 142 valence electrons. The number of nitrogens with one attached hydrogen (secondary N) is 1. The zero-order chi connectivity index (χ0) is 19.8. The van der Waals surface area contributed by atoms with Crippen LogP contribution in [0.4, 0.5) is 11.5 Å². The number of amides is 1. The average Bonchev–Trinajstić information content (AvgIpc) is 3.05. The Labute approximate surface area is 163 Å². The number of primary amides is 1. The fraction of sp³-hybridized carbons (Fsp3) is 0.316. The molecule has 0 fully saturated rings. The minimum atomic E-state index is -0.440. The van der Waals surface area contributed by atoms with E-state index in [-0.39, 0.29) is 33.1 Å². The first kappa shape index (κ1) is 19.5. The van der Waals surface area contributed by atoms with Gasteiger partial charge in [0.2, 0.25) is 0 Å². The Kier molecular flexibility index (Phi) is 5.35. The Morgan fingerprint density at radius 1 is 1.15 bits per heavy atom. The second-order valence-electron chi connectivity index (χ2n) is 7.27. The van der Waals surface area contributed by atoms with Crippen LogP contribution in [-0.4, -0.2) is 40.6 Å². The molecule has 0 unspecified atom stereocenters. The van der Waals surface area contributed by atoms with Gasteiger partial charge in [0.25, 0.3) is 0 Å². The molecule has 0 saturated carbocycles.